The van der Waals surface area contributed by atoms with E-state index in [1.807, 2.05) is 28.7 Å². The van der Waals surface area contributed by atoms with Gasteiger partial charge in [-0.1, -0.05) is 133 Å². The van der Waals surface area contributed by atoms with Crippen LogP contribution < -0.4 is 5.32 Å². The fourth-order valence-electron chi connectivity index (χ4n) is 10.8. The summed E-state index contributed by atoms with van der Waals surface area (Å²) >= 11 is 3.64. The van der Waals surface area contributed by atoms with Gasteiger partial charge in [0.1, 0.15) is 23.2 Å². The number of nitrogens with one attached hydrogen (secondary N) is 1. The third-order valence-electron chi connectivity index (χ3n) is 13.9. The van der Waals surface area contributed by atoms with Crippen molar-refractivity contribution >= 4 is 129 Å². The Morgan fingerprint density at radius 2 is 1.13 bits per heavy atom. The molecule has 0 spiro atoms. The lowest BCUT2D eigenvalue weighted by molar-refractivity contribution is 0.669. The molecule has 68 heavy (non-hydrogen) atoms. The number of furan rings is 1. The Hall–Kier alpha value is -8.36. The minimum absolute atomic E-state index is 0.418. The Kier molecular flexibility index (Phi) is 8.10. The van der Waals surface area contributed by atoms with E-state index < -0.39 is 6.17 Å². The van der Waals surface area contributed by atoms with E-state index in [1.54, 1.807) is 0 Å². The highest BCUT2D eigenvalue weighted by molar-refractivity contribution is 7.26. The molecule has 1 unspecified atom stereocenters. The second-order valence-electron chi connectivity index (χ2n) is 17.6. The molecule has 1 aliphatic rings. The minimum atomic E-state index is -0.418. The number of hydrogen-bond acceptors (Lipinski definition) is 6. The van der Waals surface area contributed by atoms with Gasteiger partial charge in [0, 0.05) is 84.1 Å². The first-order chi connectivity index (χ1) is 33.7. The van der Waals surface area contributed by atoms with E-state index in [1.165, 1.54) is 61.9 Å². The summed E-state index contributed by atoms with van der Waals surface area (Å²) in [5.74, 6) is 1.47. The quantitative estimate of drug-likeness (QED) is 0.187. The zero-order valence-corrected chi connectivity index (χ0v) is 37.9. The van der Waals surface area contributed by atoms with Crippen LogP contribution in [0.15, 0.2) is 221 Å². The van der Waals surface area contributed by atoms with E-state index in [0.717, 1.165) is 72.3 Å². The fraction of sp³-hybridized carbons (Fsp3) is 0.0164. The standard InChI is InChI=1S/C61H36N4OS2/c1-2-15-36-34-50-46(32-35(36)14-1)38-16-3-7-24-48(38)65(50)49-31-30-37(33-47(49)40-20-12-26-52-56(40)42-18-4-8-25-51(42)66-52)59-62-60(44-22-13-29-55-57(44)43-19-6-10-28-54(43)67-55)64-61(63-59)45-23-11-21-41-39-17-5-9-27-53(39)68-58(41)45/h1-34,60H,(H,62,63,64). The van der Waals surface area contributed by atoms with E-state index >= 15 is 0 Å². The predicted molar refractivity (Wildman–Crippen MR) is 289 cm³/mol. The van der Waals surface area contributed by atoms with Crippen LogP contribution in [0.25, 0.3) is 112 Å². The van der Waals surface area contributed by atoms with Crippen molar-refractivity contribution in [2.24, 2.45) is 9.98 Å². The first-order valence-electron chi connectivity index (χ1n) is 22.9. The molecule has 1 N–H and O–H groups in total. The number of nitrogens with zero attached hydrogens (tertiary/aromatic N) is 3. The van der Waals surface area contributed by atoms with E-state index in [2.05, 4.69) is 210 Å². The lowest BCUT2D eigenvalue weighted by atomic mass is 9.95. The van der Waals surface area contributed by atoms with Crippen LogP contribution in [0.1, 0.15) is 22.9 Å². The Bertz CT molecular complexity index is 4510. The number of aromatic nitrogens is 1. The van der Waals surface area contributed by atoms with Gasteiger partial charge < -0.3 is 14.3 Å². The first kappa shape index (κ1) is 37.8. The lowest BCUT2D eigenvalue weighted by Gasteiger charge is -2.25. The van der Waals surface area contributed by atoms with E-state index in [9.17, 15) is 0 Å². The molecule has 0 aliphatic carbocycles. The van der Waals surface area contributed by atoms with Crippen LogP contribution in [0.3, 0.4) is 0 Å². The molecule has 5 nitrogen and oxygen atoms in total. The summed E-state index contributed by atoms with van der Waals surface area (Å²) in [7, 11) is 0. The molecular weight excluding hydrogens is 869 g/mol. The second-order valence-corrected chi connectivity index (χ2v) is 19.8. The number of para-hydroxylation sites is 2. The summed E-state index contributed by atoms with van der Waals surface area (Å²) in [6.45, 7) is 0. The predicted octanol–water partition coefficient (Wildman–Crippen LogP) is 16.7. The van der Waals surface area contributed by atoms with Gasteiger partial charge in [0.2, 0.25) is 0 Å². The molecule has 7 heteroatoms. The number of hydrogen-bond donors (Lipinski definition) is 1. The molecule has 0 saturated carbocycles. The summed E-state index contributed by atoms with van der Waals surface area (Å²) in [5, 5.41) is 15.8. The van der Waals surface area contributed by atoms with Crippen LogP contribution >= 0.6 is 22.7 Å². The number of aliphatic imine (C=N–C) groups is 2. The van der Waals surface area contributed by atoms with Crippen molar-refractivity contribution in [3.63, 3.8) is 0 Å². The third kappa shape index (κ3) is 5.60. The van der Waals surface area contributed by atoms with Crippen LogP contribution in [0.5, 0.6) is 0 Å². The van der Waals surface area contributed by atoms with Gasteiger partial charge in [0.15, 0.2) is 5.84 Å². The SMILES string of the molecule is c1ccc2cc3c(cc2c1)c1ccccc1n3-c1ccc(C2=NC(c3cccc4sc5ccccc5c34)NC(c3cccc4c3sc3ccccc34)=N2)cc1-c1cccc2oc3ccccc3c12. The highest BCUT2D eigenvalue weighted by Gasteiger charge is 2.27. The van der Waals surface area contributed by atoms with Crippen molar-refractivity contribution in [3.05, 3.63) is 223 Å². The maximum Gasteiger partial charge on any atom is 0.159 e. The monoisotopic (exact) mass is 904 g/mol. The summed E-state index contributed by atoms with van der Waals surface area (Å²) in [6, 6.07) is 74.3. The van der Waals surface area contributed by atoms with Crippen LogP contribution in [-0.4, -0.2) is 16.2 Å². The zero-order chi connectivity index (χ0) is 44.5. The van der Waals surface area contributed by atoms with Gasteiger partial charge in [-0.05, 0) is 89.1 Å². The molecule has 0 fully saturated rings. The Balaban J connectivity index is 1.02. The highest BCUT2D eigenvalue weighted by Crippen LogP contribution is 2.44. The van der Waals surface area contributed by atoms with Crippen molar-refractivity contribution in [3.8, 4) is 16.8 Å². The van der Waals surface area contributed by atoms with E-state index in [0.29, 0.717) is 5.84 Å². The minimum Gasteiger partial charge on any atom is -0.456 e. The maximum atomic E-state index is 6.56. The maximum absolute atomic E-state index is 6.56. The van der Waals surface area contributed by atoms with E-state index in [4.69, 9.17) is 14.4 Å². The van der Waals surface area contributed by atoms with Gasteiger partial charge in [-0.3, -0.25) is 0 Å². The highest BCUT2D eigenvalue weighted by atomic mass is 32.1. The van der Waals surface area contributed by atoms with Crippen LogP contribution in [0, 0.1) is 0 Å². The molecule has 15 rings (SSSR count). The third-order valence-corrected chi connectivity index (χ3v) is 16.2. The molecule has 0 bridgehead atoms. The normalized spacial score (nSPS) is 14.3. The average molecular weight is 905 g/mol. The average Bonchev–Trinajstić information content (AvgIpc) is 4.17. The van der Waals surface area contributed by atoms with Gasteiger partial charge >= 0.3 is 0 Å². The summed E-state index contributed by atoms with van der Waals surface area (Å²) < 4.78 is 14.0. The van der Waals surface area contributed by atoms with Crippen molar-refractivity contribution in [1.29, 1.82) is 0 Å². The topological polar surface area (TPSA) is 54.8 Å². The summed E-state index contributed by atoms with van der Waals surface area (Å²) in [6.07, 6.45) is -0.418. The molecule has 4 aromatic heterocycles. The molecule has 1 aliphatic heterocycles. The van der Waals surface area contributed by atoms with Crippen molar-refractivity contribution in [1.82, 2.24) is 9.88 Å². The largest absolute Gasteiger partial charge is 0.456 e. The number of rotatable bonds is 5. The van der Waals surface area contributed by atoms with Gasteiger partial charge in [-0.25, -0.2) is 9.98 Å². The molecule has 318 valence electrons. The number of fused-ring (bicyclic) bond motifs is 13. The Labute approximate surface area is 397 Å². The van der Waals surface area contributed by atoms with Crippen LogP contribution in [0.2, 0.25) is 0 Å². The molecule has 0 saturated heterocycles. The summed E-state index contributed by atoms with van der Waals surface area (Å²) in [4.78, 5) is 11.2. The number of amidine groups is 2. The van der Waals surface area contributed by atoms with Crippen molar-refractivity contribution < 1.29 is 4.42 Å². The Morgan fingerprint density at radius 1 is 0.456 bits per heavy atom. The molecule has 0 radical (unpaired) electrons. The second kappa shape index (κ2) is 14.6. The first-order valence-corrected chi connectivity index (χ1v) is 24.5. The Morgan fingerprint density at radius 3 is 2.03 bits per heavy atom. The van der Waals surface area contributed by atoms with Gasteiger partial charge in [0.05, 0.1) is 16.7 Å². The van der Waals surface area contributed by atoms with Gasteiger partial charge in [-0.2, -0.15) is 0 Å². The smallest absolute Gasteiger partial charge is 0.159 e. The zero-order valence-electron chi connectivity index (χ0n) is 36.3. The molecule has 14 aromatic rings. The lowest BCUT2D eigenvalue weighted by Crippen LogP contribution is -2.33. The van der Waals surface area contributed by atoms with Gasteiger partial charge in [-0.15, -0.1) is 22.7 Å². The molecule has 1 atom stereocenters. The number of benzene rings is 10. The fourth-order valence-corrected chi connectivity index (χ4v) is 13.2. The van der Waals surface area contributed by atoms with E-state index in [-0.39, 0.29) is 0 Å². The molecule has 5 heterocycles. The number of thiophene rings is 2. The van der Waals surface area contributed by atoms with Crippen molar-refractivity contribution in [2.45, 2.75) is 6.17 Å². The van der Waals surface area contributed by atoms with Crippen molar-refractivity contribution in [2.75, 3.05) is 0 Å². The molecule has 10 aromatic carbocycles. The molecular formula is C61H36N4OS2. The van der Waals surface area contributed by atoms with Gasteiger partial charge in [0.25, 0.3) is 0 Å². The van der Waals surface area contributed by atoms with Crippen LogP contribution in [-0.2, 0) is 0 Å². The molecule has 0 amide bonds. The summed E-state index contributed by atoms with van der Waals surface area (Å²) in [5.41, 5.74) is 10.3. The van der Waals surface area contributed by atoms with Crippen LogP contribution in [0.4, 0.5) is 0 Å².